The van der Waals surface area contributed by atoms with E-state index in [0.29, 0.717) is 25.3 Å². The van der Waals surface area contributed by atoms with Gasteiger partial charge in [0.2, 0.25) is 16.8 Å². The number of ether oxygens (including phenoxy) is 2. The molecular weight excluding hydrogens is 428 g/mol. The van der Waals surface area contributed by atoms with E-state index in [4.69, 9.17) is 14.5 Å². The molecule has 32 heavy (non-hydrogen) atoms. The molecule has 1 fully saturated rings. The van der Waals surface area contributed by atoms with Gasteiger partial charge in [-0.05, 0) is 49.6 Å². The molecule has 1 aromatic carbocycles. The molecule has 0 spiro atoms. The molecule has 0 atom stereocenters. The Hall–Kier alpha value is -2.91. The number of pyridine rings is 1. The van der Waals surface area contributed by atoms with Gasteiger partial charge < -0.3 is 14.5 Å². The van der Waals surface area contributed by atoms with Gasteiger partial charge in [-0.3, -0.25) is 4.98 Å². The average molecular weight is 455 g/mol. The van der Waals surface area contributed by atoms with E-state index in [1.54, 1.807) is 10.5 Å². The Morgan fingerprint density at radius 2 is 1.94 bits per heavy atom. The maximum absolute atomic E-state index is 12.4. The fourth-order valence-corrected chi connectivity index (χ4v) is 5.87. The van der Waals surface area contributed by atoms with Crippen LogP contribution in [0.1, 0.15) is 37.9 Å². The molecule has 0 saturated carbocycles. The van der Waals surface area contributed by atoms with Crippen LogP contribution in [0.2, 0.25) is 0 Å². The van der Waals surface area contributed by atoms with Crippen molar-refractivity contribution in [3.8, 4) is 34.1 Å². The summed E-state index contributed by atoms with van der Waals surface area (Å²) in [6, 6.07) is 11.6. The average Bonchev–Trinajstić information content (AvgIpc) is 3.46. The number of sulfonamides is 1. The van der Waals surface area contributed by atoms with Crippen molar-refractivity contribution >= 4 is 10.0 Å². The Morgan fingerprint density at radius 3 is 2.69 bits per heavy atom. The van der Waals surface area contributed by atoms with Crippen molar-refractivity contribution in [3.05, 3.63) is 48.4 Å². The van der Waals surface area contributed by atoms with E-state index in [9.17, 15) is 8.42 Å². The molecule has 9 heteroatoms. The van der Waals surface area contributed by atoms with Crippen molar-refractivity contribution in [1.82, 2.24) is 19.3 Å². The van der Waals surface area contributed by atoms with Gasteiger partial charge >= 0.3 is 0 Å². The fourth-order valence-electron chi connectivity index (χ4n) is 4.33. The third-order valence-electron chi connectivity index (χ3n) is 5.99. The first kappa shape index (κ1) is 21.0. The van der Waals surface area contributed by atoms with Gasteiger partial charge in [-0.15, -0.1) is 0 Å². The van der Waals surface area contributed by atoms with Crippen molar-refractivity contribution < 1.29 is 17.9 Å². The van der Waals surface area contributed by atoms with Crippen LogP contribution in [0.15, 0.2) is 42.6 Å². The molecular formula is C23H26N4O4S. The Balaban J connectivity index is 1.46. The first-order chi connectivity index (χ1) is 15.5. The monoisotopic (exact) mass is 454 g/mol. The SMILES string of the molecule is CCCS(=O)(=O)N1CCC(c2nc(-c3ccc4c(c3)OCO4)c(-c3ccccn3)[nH]2)CC1. The van der Waals surface area contributed by atoms with E-state index in [1.807, 2.05) is 43.3 Å². The largest absolute Gasteiger partial charge is 0.454 e. The van der Waals surface area contributed by atoms with Crippen LogP contribution in [0.25, 0.3) is 22.6 Å². The predicted octanol–water partition coefficient (Wildman–Crippen LogP) is 3.79. The number of H-pyrrole nitrogens is 1. The van der Waals surface area contributed by atoms with Gasteiger partial charge in [0.05, 0.1) is 22.8 Å². The maximum Gasteiger partial charge on any atom is 0.231 e. The summed E-state index contributed by atoms with van der Waals surface area (Å²) in [6.07, 6.45) is 3.86. The molecule has 0 aliphatic carbocycles. The van der Waals surface area contributed by atoms with E-state index in [1.165, 1.54) is 0 Å². The first-order valence-electron chi connectivity index (χ1n) is 10.9. The fraction of sp³-hybridized carbons (Fsp3) is 0.391. The van der Waals surface area contributed by atoms with Gasteiger partial charge in [0.25, 0.3) is 0 Å². The molecule has 2 aromatic heterocycles. The van der Waals surface area contributed by atoms with Crippen molar-refractivity contribution in [2.24, 2.45) is 0 Å². The highest BCUT2D eigenvalue weighted by molar-refractivity contribution is 7.89. The standard InChI is InChI=1S/C23H26N4O4S/c1-2-13-32(28,29)27-11-8-16(9-12-27)23-25-21(22(26-23)18-5-3-4-10-24-18)17-6-7-19-20(14-17)31-15-30-19/h3-7,10,14,16H,2,8-9,11-13,15H2,1H3,(H,25,26). The van der Waals surface area contributed by atoms with Crippen LogP contribution in [-0.2, 0) is 10.0 Å². The summed E-state index contributed by atoms with van der Waals surface area (Å²) < 4.78 is 37.5. The van der Waals surface area contributed by atoms with Crippen molar-refractivity contribution in [3.63, 3.8) is 0 Å². The number of nitrogens with one attached hydrogen (secondary N) is 1. The zero-order chi connectivity index (χ0) is 22.1. The molecule has 2 aliphatic heterocycles. The lowest BCUT2D eigenvalue weighted by Crippen LogP contribution is -2.39. The summed E-state index contributed by atoms with van der Waals surface area (Å²) in [5, 5.41) is 0. The van der Waals surface area contributed by atoms with Crippen LogP contribution >= 0.6 is 0 Å². The number of hydrogen-bond donors (Lipinski definition) is 1. The van der Waals surface area contributed by atoms with Gasteiger partial charge in [0, 0.05) is 30.8 Å². The first-order valence-corrected chi connectivity index (χ1v) is 12.5. The lowest BCUT2D eigenvalue weighted by molar-refractivity contribution is 0.174. The molecule has 2 aliphatic rings. The van der Waals surface area contributed by atoms with Crippen molar-refractivity contribution in [2.45, 2.75) is 32.1 Å². The molecule has 8 nitrogen and oxygen atoms in total. The van der Waals surface area contributed by atoms with Gasteiger partial charge in [-0.25, -0.2) is 17.7 Å². The molecule has 3 aromatic rings. The van der Waals surface area contributed by atoms with E-state index in [2.05, 4.69) is 9.97 Å². The minimum absolute atomic E-state index is 0.160. The number of aromatic amines is 1. The highest BCUT2D eigenvalue weighted by atomic mass is 32.2. The number of aromatic nitrogens is 3. The highest BCUT2D eigenvalue weighted by Gasteiger charge is 2.30. The second-order valence-corrected chi connectivity index (χ2v) is 10.2. The zero-order valence-electron chi connectivity index (χ0n) is 18.0. The van der Waals surface area contributed by atoms with Gasteiger partial charge in [-0.1, -0.05) is 13.0 Å². The normalized spacial score (nSPS) is 17.0. The van der Waals surface area contributed by atoms with E-state index in [0.717, 1.165) is 47.1 Å². The van der Waals surface area contributed by atoms with Crippen LogP contribution in [0.3, 0.4) is 0 Å². The van der Waals surface area contributed by atoms with Gasteiger partial charge in [0.1, 0.15) is 5.82 Å². The van der Waals surface area contributed by atoms with Gasteiger partial charge in [0.15, 0.2) is 11.5 Å². The molecule has 1 saturated heterocycles. The molecule has 5 rings (SSSR count). The Labute approximate surface area is 187 Å². The number of rotatable bonds is 6. The number of imidazole rings is 1. The molecule has 0 bridgehead atoms. The topological polar surface area (TPSA) is 97.4 Å². The summed E-state index contributed by atoms with van der Waals surface area (Å²) in [6.45, 7) is 3.15. The summed E-state index contributed by atoms with van der Waals surface area (Å²) in [4.78, 5) is 13.0. The Morgan fingerprint density at radius 1 is 1.12 bits per heavy atom. The Kier molecular flexibility index (Phi) is 5.60. The van der Waals surface area contributed by atoms with E-state index in [-0.39, 0.29) is 18.5 Å². The molecule has 1 N–H and O–H groups in total. The molecule has 168 valence electrons. The summed E-state index contributed by atoms with van der Waals surface area (Å²) >= 11 is 0. The van der Waals surface area contributed by atoms with Crippen LogP contribution in [-0.4, -0.2) is 53.3 Å². The minimum atomic E-state index is -3.17. The third-order valence-corrected chi connectivity index (χ3v) is 8.06. The second kappa shape index (κ2) is 8.55. The smallest absolute Gasteiger partial charge is 0.231 e. The summed E-state index contributed by atoms with van der Waals surface area (Å²) in [7, 11) is -3.17. The van der Waals surface area contributed by atoms with Gasteiger partial charge in [-0.2, -0.15) is 0 Å². The predicted molar refractivity (Wildman–Crippen MR) is 121 cm³/mol. The maximum atomic E-state index is 12.4. The van der Waals surface area contributed by atoms with E-state index >= 15 is 0 Å². The minimum Gasteiger partial charge on any atom is -0.454 e. The zero-order valence-corrected chi connectivity index (χ0v) is 18.8. The lowest BCUT2D eigenvalue weighted by atomic mass is 9.97. The number of piperidine rings is 1. The Bertz CT molecular complexity index is 1200. The van der Waals surface area contributed by atoms with Crippen molar-refractivity contribution in [2.75, 3.05) is 25.6 Å². The quantitative estimate of drug-likeness (QED) is 0.609. The molecule has 0 amide bonds. The number of hydrogen-bond acceptors (Lipinski definition) is 6. The highest BCUT2D eigenvalue weighted by Crippen LogP contribution is 2.39. The lowest BCUT2D eigenvalue weighted by Gasteiger charge is -2.30. The summed E-state index contributed by atoms with van der Waals surface area (Å²) in [5.74, 6) is 2.66. The van der Waals surface area contributed by atoms with Crippen LogP contribution in [0, 0.1) is 0 Å². The molecule has 0 unspecified atom stereocenters. The number of benzene rings is 1. The number of nitrogens with zero attached hydrogens (tertiary/aromatic N) is 3. The summed E-state index contributed by atoms with van der Waals surface area (Å²) in [5.41, 5.74) is 3.38. The molecule has 4 heterocycles. The second-order valence-electron chi connectivity index (χ2n) is 8.12. The van der Waals surface area contributed by atoms with Crippen molar-refractivity contribution in [1.29, 1.82) is 0 Å². The van der Waals surface area contributed by atoms with Crippen LogP contribution < -0.4 is 9.47 Å². The van der Waals surface area contributed by atoms with Crippen LogP contribution in [0.4, 0.5) is 0 Å². The molecule has 0 radical (unpaired) electrons. The number of fused-ring (bicyclic) bond motifs is 1. The third kappa shape index (κ3) is 3.98. The van der Waals surface area contributed by atoms with E-state index < -0.39 is 10.0 Å². The van der Waals surface area contributed by atoms with Crippen LogP contribution in [0.5, 0.6) is 11.5 Å².